The zero-order valence-corrected chi connectivity index (χ0v) is 15.3. The van der Waals surface area contributed by atoms with Gasteiger partial charge in [0.1, 0.15) is 11.6 Å². The fourth-order valence-corrected chi connectivity index (χ4v) is 2.87. The maximum atomic E-state index is 12.9. The number of isocyanates is 1. The number of amides is 1. The summed E-state index contributed by atoms with van der Waals surface area (Å²) in [5.74, 6) is 0. The highest BCUT2D eigenvalue weighted by molar-refractivity contribution is 5.68. The van der Waals surface area contributed by atoms with E-state index in [1.54, 1.807) is 31.7 Å². The Morgan fingerprint density at radius 1 is 1.33 bits per heavy atom. The van der Waals surface area contributed by atoms with Gasteiger partial charge in [-0.3, -0.25) is 0 Å². The number of alkyl carbamates (subject to hydrolysis) is 1. The molecular weight excluding hydrogens is 363 g/mol. The molecule has 2 rings (SSSR count). The van der Waals surface area contributed by atoms with E-state index in [1.807, 2.05) is 0 Å². The highest BCUT2D eigenvalue weighted by Gasteiger charge is 2.34. The first kappa shape index (κ1) is 20.8. The first-order valence-corrected chi connectivity index (χ1v) is 8.48. The maximum absolute atomic E-state index is 12.9. The lowest BCUT2D eigenvalue weighted by molar-refractivity contribution is -0.137. The summed E-state index contributed by atoms with van der Waals surface area (Å²) in [5.41, 5.74) is -1.04. The van der Waals surface area contributed by atoms with Gasteiger partial charge in [0.25, 0.3) is 0 Å². The Bertz CT molecular complexity index is 725. The smallest absolute Gasteiger partial charge is 0.416 e. The minimum atomic E-state index is -4.44. The number of piperidine rings is 1. The molecule has 0 saturated carbocycles. The van der Waals surface area contributed by atoms with Crippen LogP contribution in [0.25, 0.3) is 0 Å². The fourth-order valence-electron chi connectivity index (χ4n) is 2.87. The van der Waals surface area contributed by atoms with E-state index in [0.717, 1.165) is 12.1 Å². The number of hydrogen-bond acceptors (Lipinski definition) is 5. The van der Waals surface area contributed by atoms with Crippen molar-refractivity contribution in [1.82, 2.24) is 5.32 Å². The molecular formula is C18H22F3N3O3. The van der Waals surface area contributed by atoms with Crippen molar-refractivity contribution in [3.63, 3.8) is 0 Å². The molecule has 9 heteroatoms. The Morgan fingerprint density at radius 3 is 2.63 bits per heavy atom. The Kier molecular flexibility index (Phi) is 6.15. The van der Waals surface area contributed by atoms with Crippen molar-refractivity contribution < 1.29 is 27.5 Å². The van der Waals surface area contributed by atoms with Crippen LogP contribution in [0.3, 0.4) is 0 Å². The molecule has 1 aliphatic heterocycles. The number of benzene rings is 1. The SMILES string of the molecule is CC(C)(C)OC(=O)N[C@H]1CCN(c2cccc(C(F)(F)F)c2)C[C@@H]1N=C=O. The molecule has 1 aromatic rings. The average Bonchev–Trinajstić information content (AvgIpc) is 2.54. The normalized spacial score (nSPS) is 20.6. The molecule has 1 aliphatic rings. The predicted octanol–water partition coefficient (Wildman–Crippen LogP) is 3.51. The predicted molar refractivity (Wildman–Crippen MR) is 93.3 cm³/mol. The summed E-state index contributed by atoms with van der Waals surface area (Å²) in [5, 5.41) is 2.68. The average molecular weight is 385 g/mol. The van der Waals surface area contributed by atoms with E-state index in [9.17, 15) is 22.8 Å². The standard InChI is InChI=1S/C18H22F3N3O3/c1-17(2,3)27-16(26)23-14-7-8-24(10-15(14)22-11-25)13-6-4-5-12(9-13)18(19,20)21/h4-6,9,14-15H,7-8,10H2,1-3H3,(H,23,26)/t14-,15-/m0/s1. The Labute approximate surface area is 155 Å². The first-order valence-electron chi connectivity index (χ1n) is 8.48. The van der Waals surface area contributed by atoms with Gasteiger partial charge in [0.2, 0.25) is 6.08 Å². The second kappa shape index (κ2) is 8.00. The van der Waals surface area contributed by atoms with Crippen LogP contribution in [-0.2, 0) is 15.7 Å². The van der Waals surface area contributed by atoms with Gasteiger partial charge in [0.15, 0.2) is 0 Å². The van der Waals surface area contributed by atoms with Gasteiger partial charge in [-0.1, -0.05) is 6.07 Å². The van der Waals surface area contributed by atoms with Crippen molar-refractivity contribution in [3.05, 3.63) is 29.8 Å². The molecule has 1 heterocycles. The Balaban J connectivity index is 2.12. The van der Waals surface area contributed by atoms with Gasteiger partial charge in [0, 0.05) is 18.8 Å². The number of nitrogens with zero attached hydrogens (tertiary/aromatic N) is 2. The number of aliphatic imine (C=N–C) groups is 1. The van der Waals surface area contributed by atoms with Gasteiger partial charge in [-0.25, -0.2) is 9.59 Å². The molecule has 2 atom stereocenters. The highest BCUT2D eigenvalue weighted by Crippen LogP contribution is 2.32. The number of alkyl halides is 3. The van der Waals surface area contributed by atoms with Crippen molar-refractivity contribution in [2.24, 2.45) is 4.99 Å². The van der Waals surface area contributed by atoms with E-state index in [1.165, 1.54) is 12.1 Å². The minimum Gasteiger partial charge on any atom is -0.444 e. The third-order valence-electron chi connectivity index (χ3n) is 4.04. The number of halogens is 3. The van der Waals surface area contributed by atoms with Gasteiger partial charge in [-0.05, 0) is 45.4 Å². The van der Waals surface area contributed by atoms with E-state index in [4.69, 9.17) is 4.74 Å². The molecule has 27 heavy (non-hydrogen) atoms. The quantitative estimate of drug-likeness (QED) is 0.639. The topological polar surface area (TPSA) is 71.0 Å². The summed E-state index contributed by atoms with van der Waals surface area (Å²) < 4.78 is 44.0. The van der Waals surface area contributed by atoms with Gasteiger partial charge in [0.05, 0.1) is 11.6 Å². The molecule has 1 aromatic carbocycles. The number of hydrogen-bond donors (Lipinski definition) is 1. The molecule has 0 unspecified atom stereocenters. The number of rotatable bonds is 3. The van der Waals surface area contributed by atoms with E-state index in [2.05, 4.69) is 10.3 Å². The van der Waals surface area contributed by atoms with Crippen molar-refractivity contribution in [1.29, 1.82) is 0 Å². The van der Waals surface area contributed by atoms with Crippen LogP contribution in [-0.4, -0.2) is 42.9 Å². The number of nitrogens with one attached hydrogen (secondary N) is 1. The van der Waals surface area contributed by atoms with E-state index in [-0.39, 0.29) is 6.54 Å². The molecule has 1 fully saturated rings. The summed E-state index contributed by atoms with van der Waals surface area (Å²) in [6, 6.07) is 3.85. The second-order valence-electron chi connectivity index (χ2n) is 7.32. The van der Waals surface area contributed by atoms with E-state index < -0.39 is 35.5 Å². The summed E-state index contributed by atoms with van der Waals surface area (Å²) in [7, 11) is 0. The summed E-state index contributed by atoms with van der Waals surface area (Å²) in [4.78, 5) is 28.2. The third-order valence-corrected chi connectivity index (χ3v) is 4.04. The second-order valence-corrected chi connectivity index (χ2v) is 7.32. The Hall–Kier alpha value is -2.54. The molecule has 148 valence electrons. The van der Waals surface area contributed by atoms with E-state index in [0.29, 0.717) is 18.7 Å². The molecule has 6 nitrogen and oxygen atoms in total. The number of anilines is 1. The third kappa shape index (κ3) is 5.99. The minimum absolute atomic E-state index is 0.178. The monoisotopic (exact) mass is 385 g/mol. The van der Waals surface area contributed by atoms with Crippen LogP contribution in [0.4, 0.5) is 23.7 Å². The van der Waals surface area contributed by atoms with Crippen molar-refractivity contribution in [3.8, 4) is 0 Å². The van der Waals surface area contributed by atoms with Crippen LogP contribution in [0.1, 0.15) is 32.8 Å². The summed E-state index contributed by atoms with van der Waals surface area (Å²) in [6.07, 6.45) is -3.20. The van der Waals surface area contributed by atoms with Crippen LogP contribution in [0.5, 0.6) is 0 Å². The van der Waals surface area contributed by atoms with Crippen LogP contribution >= 0.6 is 0 Å². The fraction of sp³-hybridized carbons (Fsp3) is 0.556. The molecule has 1 N–H and O–H groups in total. The lowest BCUT2D eigenvalue weighted by Crippen LogP contribution is -2.54. The number of carbonyl (C=O) groups is 1. The summed E-state index contributed by atoms with van der Waals surface area (Å²) in [6.45, 7) is 5.75. The van der Waals surface area contributed by atoms with E-state index >= 15 is 0 Å². The van der Waals surface area contributed by atoms with Crippen LogP contribution in [0.15, 0.2) is 29.3 Å². The molecule has 0 aliphatic carbocycles. The molecule has 0 bridgehead atoms. The maximum Gasteiger partial charge on any atom is 0.416 e. The van der Waals surface area contributed by atoms with Crippen LogP contribution in [0, 0.1) is 0 Å². The van der Waals surface area contributed by atoms with Gasteiger partial charge in [-0.15, -0.1) is 0 Å². The lowest BCUT2D eigenvalue weighted by Gasteiger charge is -2.38. The number of ether oxygens (including phenoxy) is 1. The number of carbonyl (C=O) groups excluding carboxylic acids is 2. The van der Waals surface area contributed by atoms with Gasteiger partial charge < -0.3 is 15.0 Å². The largest absolute Gasteiger partial charge is 0.444 e. The zero-order chi connectivity index (χ0) is 20.2. The molecule has 0 aromatic heterocycles. The van der Waals surface area contributed by atoms with Crippen LogP contribution in [0.2, 0.25) is 0 Å². The summed E-state index contributed by atoms with van der Waals surface area (Å²) >= 11 is 0. The molecule has 0 radical (unpaired) electrons. The van der Waals surface area contributed by atoms with Gasteiger partial charge in [-0.2, -0.15) is 18.2 Å². The van der Waals surface area contributed by atoms with Crippen molar-refractivity contribution in [2.75, 3.05) is 18.0 Å². The zero-order valence-electron chi connectivity index (χ0n) is 15.3. The Morgan fingerprint density at radius 2 is 2.04 bits per heavy atom. The molecule has 1 saturated heterocycles. The lowest BCUT2D eigenvalue weighted by atomic mass is 9.99. The molecule has 1 amide bonds. The molecule has 0 spiro atoms. The van der Waals surface area contributed by atoms with Gasteiger partial charge >= 0.3 is 12.3 Å². The highest BCUT2D eigenvalue weighted by atomic mass is 19.4. The van der Waals surface area contributed by atoms with Crippen molar-refractivity contribution in [2.45, 2.75) is 51.1 Å². The first-order chi connectivity index (χ1) is 12.5. The van der Waals surface area contributed by atoms with Crippen molar-refractivity contribution >= 4 is 17.9 Å². The van der Waals surface area contributed by atoms with Crippen LogP contribution < -0.4 is 10.2 Å².